The highest BCUT2D eigenvalue weighted by Crippen LogP contribution is 2.24. The first kappa shape index (κ1) is 18.9. The van der Waals surface area contributed by atoms with Crippen molar-refractivity contribution in [3.8, 4) is 0 Å². The van der Waals surface area contributed by atoms with Gasteiger partial charge in [-0.3, -0.25) is 9.59 Å². The first-order valence-electron chi connectivity index (χ1n) is 6.39. The van der Waals surface area contributed by atoms with E-state index >= 15 is 0 Å². The molecule has 0 rings (SSSR count). The van der Waals surface area contributed by atoms with Gasteiger partial charge >= 0.3 is 5.97 Å². The second kappa shape index (κ2) is 6.11. The molecule has 7 heteroatoms. The van der Waals surface area contributed by atoms with Crippen LogP contribution in [0.4, 0.5) is 0 Å². The Kier molecular flexibility index (Phi) is 5.78. The zero-order valence-electron chi connectivity index (χ0n) is 13.0. The molecule has 6 nitrogen and oxygen atoms in total. The van der Waals surface area contributed by atoms with Crippen LogP contribution in [0.5, 0.6) is 0 Å². The first-order chi connectivity index (χ1) is 8.68. The Labute approximate surface area is 120 Å². The number of rotatable bonds is 6. The number of nitrogens with one attached hydrogen (secondary N) is 1. The number of hydrogen-bond acceptors (Lipinski definition) is 4. The normalized spacial score (nSPS) is 14.7. The molecule has 0 fully saturated rings. The Hall–Kier alpha value is -1.11. The van der Waals surface area contributed by atoms with Crippen LogP contribution in [0.15, 0.2) is 0 Å². The van der Waals surface area contributed by atoms with Gasteiger partial charge < -0.3 is 10.4 Å². The lowest BCUT2D eigenvalue weighted by atomic mass is 9.84. The molecule has 20 heavy (non-hydrogen) atoms. The summed E-state index contributed by atoms with van der Waals surface area (Å²) in [5.74, 6) is -2.42. The van der Waals surface area contributed by atoms with E-state index in [0.717, 1.165) is 6.26 Å². The fourth-order valence-corrected chi connectivity index (χ4v) is 1.99. The van der Waals surface area contributed by atoms with Crippen LogP contribution in [0.2, 0.25) is 0 Å². The molecular weight excluding hydrogens is 282 g/mol. The zero-order chi connectivity index (χ0) is 16.4. The monoisotopic (exact) mass is 307 g/mol. The standard InChI is InChI=1S/C13H25NO5S/c1-12(2,3)7-9(10(15)16)8-14-11(17)13(4,5)20(6,18)19/h9H,7-8H2,1-6H3,(H,14,17)(H,15,16). The summed E-state index contributed by atoms with van der Waals surface area (Å²) in [6.45, 7) is 8.25. The quantitative estimate of drug-likeness (QED) is 0.764. The topological polar surface area (TPSA) is 101 Å². The molecule has 0 spiro atoms. The molecule has 0 saturated heterocycles. The van der Waals surface area contributed by atoms with Crippen molar-refractivity contribution in [3.63, 3.8) is 0 Å². The third kappa shape index (κ3) is 5.48. The summed E-state index contributed by atoms with van der Waals surface area (Å²) in [4.78, 5) is 23.1. The van der Waals surface area contributed by atoms with Gasteiger partial charge in [0.15, 0.2) is 9.84 Å². The summed E-state index contributed by atoms with van der Waals surface area (Å²) in [6, 6.07) is 0. The van der Waals surface area contributed by atoms with Gasteiger partial charge in [-0.2, -0.15) is 0 Å². The molecular formula is C13H25NO5S. The van der Waals surface area contributed by atoms with Crippen LogP contribution in [0, 0.1) is 11.3 Å². The lowest BCUT2D eigenvalue weighted by Crippen LogP contribution is -2.49. The maximum Gasteiger partial charge on any atom is 0.308 e. The van der Waals surface area contributed by atoms with E-state index in [-0.39, 0.29) is 12.0 Å². The smallest absolute Gasteiger partial charge is 0.308 e. The van der Waals surface area contributed by atoms with E-state index in [1.165, 1.54) is 13.8 Å². The van der Waals surface area contributed by atoms with Crippen molar-refractivity contribution >= 4 is 21.7 Å². The third-order valence-electron chi connectivity index (χ3n) is 3.19. The number of carbonyl (C=O) groups excluding carboxylic acids is 1. The summed E-state index contributed by atoms with van der Waals surface area (Å²) < 4.78 is 21.5. The summed E-state index contributed by atoms with van der Waals surface area (Å²) >= 11 is 0. The van der Waals surface area contributed by atoms with Crippen LogP contribution in [0.25, 0.3) is 0 Å². The molecule has 0 aliphatic carbocycles. The molecule has 0 aromatic heterocycles. The van der Waals surface area contributed by atoms with E-state index in [0.29, 0.717) is 6.42 Å². The molecule has 1 amide bonds. The number of aliphatic carboxylic acids is 1. The van der Waals surface area contributed by atoms with Crippen molar-refractivity contribution in [2.75, 3.05) is 12.8 Å². The number of carbonyl (C=O) groups is 2. The van der Waals surface area contributed by atoms with Crippen molar-refractivity contribution in [2.24, 2.45) is 11.3 Å². The Morgan fingerprint density at radius 2 is 1.60 bits per heavy atom. The molecule has 0 aliphatic rings. The Morgan fingerprint density at radius 3 is 1.90 bits per heavy atom. The van der Waals surface area contributed by atoms with Crippen LogP contribution in [-0.2, 0) is 19.4 Å². The van der Waals surface area contributed by atoms with Gasteiger partial charge in [0.2, 0.25) is 5.91 Å². The number of sulfone groups is 1. The number of amides is 1. The molecule has 2 N–H and O–H groups in total. The molecule has 0 heterocycles. The fraction of sp³-hybridized carbons (Fsp3) is 0.846. The zero-order valence-corrected chi connectivity index (χ0v) is 13.8. The molecule has 118 valence electrons. The molecule has 0 radical (unpaired) electrons. The van der Waals surface area contributed by atoms with Crippen LogP contribution in [0.3, 0.4) is 0 Å². The van der Waals surface area contributed by atoms with Gasteiger partial charge in [-0.15, -0.1) is 0 Å². The van der Waals surface area contributed by atoms with Crippen molar-refractivity contribution in [2.45, 2.75) is 45.8 Å². The van der Waals surface area contributed by atoms with Crippen molar-refractivity contribution in [3.05, 3.63) is 0 Å². The first-order valence-corrected chi connectivity index (χ1v) is 8.28. The van der Waals surface area contributed by atoms with Gasteiger partial charge in [-0.1, -0.05) is 20.8 Å². The number of hydrogen-bond donors (Lipinski definition) is 2. The summed E-state index contributed by atoms with van der Waals surface area (Å²) in [5, 5.41) is 11.6. The minimum Gasteiger partial charge on any atom is -0.481 e. The maximum atomic E-state index is 11.9. The number of carboxylic acid groups (broad SMARTS) is 1. The molecule has 0 aromatic carbocycles. The van der Waals surface area contributed by atoms with Gasteiger partial charge in [0, 0.05) is 12.8 Å². The van der Waals surface area contributed by atoms with Crippen LogP contribution >= 0.6 is 0 Å². The summed E-state index contributed by atoms with van der Waals surface area (Å²) in [5.41, 5.74) is -0.194. The van der Waals surface area contributed by atoms with Crippen LogP contribution < -0.4 is 5.32 Å². The van der Waals surface area contributed by atoms with Gasteiger partial charge in [0.25, 0.3) is 0 Å². The second-order valence-electron chi connectivity index (χ2n) is 6.79. The SMILES string of the molecule is CC(C)(C)CC(CNC(=O)C(C)(C)S(C)(=O)=O)C(=O)O. The highest BCUT2D eigenvalue weighted by Gasteiger charge is 2.39. The van der Waals surface area contributed by atoms with Crippen molar-refractivity contribution < 1.29 is 23.1 Å². The summed E-state index contributed by atoms with van der Waals surface area (Å²) in [6.07, 6.45) is 1.37. The number of carboxylic acids is 1. The fourth-order valence-electron chi connectivity index (χ4n) is 1.58. The van der Waals surface area contributed by atoms with Crippen molar-refractivity contribution in [1.29, 1.82) is 0 Å². The maximum absolute atomic E-state index is 11.9. The highest BCUT2D eigenvalue weighted by atomic mass is 32.2. The minimum absolute atomic E-state index is 0.0790. The average molecular weight is 307 g/mol. The Bertz CT molecular complexity index is 473. The van der Waals surface area contributed by atoms with Gasteiger partial charge in [-0.05, 0) is 25.7 Å². The van der Waals surface area contributed by atoms with Gasteiger partial charge in [0.05, 0.1) is 5.92 Å². The average Bonchev–Trinajstić information content (AvgIpc) is 2.19. The van der Waals surface area contributed by atoms with E-state index in [4.69, 9.17) is 5.11 Å². The van der Waals surface area contributed by atoms with E-state index in [1.54, 1.807) is 0 Å². The lowest BCUT2D eigenvalue weighted by Gasteiger charge is -2.26. The minimum atomic E-state index is -3.56. The van der Waals surface area contributed by atoms with E-state index in [9.17, 15) is 18.0 Å². The highest BCUT2D eigenvalue weighted by molar-refractivity contribution is 7.92. The largest absolute Gasteiger partial charge is 0.481 e. The lowest BCUT2D eigenvalue weighted by molar-refractivity contribution is -0.142. The molecule has 0 aromatic rings. The molecule has 0 bridgehead atoms. The van der Waals surface area contributed by atoms with Gasteiger partial charge in [0.1, 0.15) is 4.75 Å². The second-order valence-corrected chi connectivity index (χ2v) is 9.36. The van der Waals surface area contributed by atoms with E-state index in [1.807, 2.05) is 20.8 Å². The van der Waals surface area contributed by atoms with E-state index < -0.39 is 32.4 Å². The van der Waals surface area contributed by atoms with Gasteiger partial charge in [-0.25, -0.2) is 8.42 Å². The van der Waals surface area contributed by atoms with Crippen LogP contribution in [-0.4, -0.2) is 42.9 Å². The Morgan fingerprint density at radius 1 is 1.15 bits per heavy atom. The Balaban J connectivity index is 4.82. The van der Waals surface area contributed by atoms with Crippen LogP contribution in [0.1, 0.15) is 41.0 Å². The summed E-state index contributed by atoms with van der Waals surface area (Å²) in [7, 11) is -3.56. The molecule has 1 unspecified atom stereocenters. The molecule has 0 saturated carbocycles. The van der Waals surface area contributed by atoms with E-state index in [2.05, 4.69) is 5.32 Å². The molecule has 1 atom stereocenters. The third-order valence-corrected chi connectivity index (χ3v) is 5.23. The predicted octanol–water partition coefficient (Wildman–Crippen LogP) is 1.06. The molecule has 0 aliphatic heterocycles. The predicted molar refractivity (Wildman–Crippen MR) is 77.1 cm³/mol. The van der Waals surface area contributed by atoms with Crippen molar-refractivity contribution in [1.82, 2.24) is 5.32 Å².